The summed E-state index contributed by atoms with van der Waals surface area (Å²) in [4.78, 5) is 14.6. The van der Waals surface area contributed by atoms with E-state index in [-0.39, 0.29) is 35.2 Å². The van der Waals surface area contributed by atoms with Crippen molar-refractivity contribution in [2.75, 3.05) is 7.05 Å². The number of rotatable bonds is 7. The van der Waals surface area contributed by atoms with Crippen LogP contribution in [0.3, 0.4) is 0 Å². The van der Waals surface area contributed by atoms with Gasteiger partial charge in [-0.25, -0.2) is 13.1 Å². The average Bonchev–Trinajstić information content (AvgIpc) is 3.22. The van der Waals surface area contributed by atoms with Gasteiger partial charge < -0.3 is 14.4 Å². The van der Waals surface area contributed by atoms with Gasteiger partial charge in [0.05, 0.1) is 24.2 Å². The molecule has 0 saturated carbocycles. The molecule has 0 unspecified atom stereocenters. The van der Waals surface area contributed by atoms with Gasteiger partial charge in [-0.2, -0.15) is 0 Å². The molecule has 3 rings (SSSR count). The van der Waals surface area contributed by atoms with Crippen molar-refractivity contribution in [2.45, 2.75) is 18.0 Å². The third-order valence-electron chi connectivity index (χ3n) is 4.23. The SMILES string of the molecule is CNS(=O)(=O)c1cccc(C(=O)N(Cc2ccco2)Cc2ccccc2O)c1. The Balaban J connectivity index is 1.94. The fourth-order valence-electron chi connectivity index (χ4n) is 2.74. The van der Waals surface area contributed by atoms with Crippen LogP contribution in [0.2, 0.25) is 0 Å². The molecule has 1 heterocycles. The molecule has 2 N–H and O–H groups in total. The number of phenolic OH excluding ortho intramolecular Hbond substituents is 1. The first kappa shape index (κ1) is 19.7. The monoisotopic (exact) mass is 400 g/mol. The number of hydrogen-bond acceptors (Lipinski definition) is 5. The van der Waals surface area contributed by atoms with E-state index in [4.69, 9.17) is 4.42 Å². The summed E-state index contributed by atoms with van der Waals surface area (Å²) in [6.45, 7) is 0.304. The molecule has 0 aliphatic rings. The van der Waals surface area contributed by atoms with Gasteiger partial charge in [0.15, 0.2) is 0 Å². The number of furan rings is 1. The van der Waals surface area contributed by atoms with E-state index >= 15 is 0 Å². The molecule has 0 aliphatic heterocycles. The van der Waals surface area contributed by atoms with Crippen LogP contribution in [0, 0.1) is 0 Å². The van der Waals surface area contributed by atoms with Crippen LogP contribution in [0.5, 0.6) is 5.75 Å². The minimum Gasteiger partial charge on any atom is -0.508 e. The zero-order chi connectivity index (χ0) is 20.1. The number of benzene rings is 2. The number of nitrogens with one attached hydrogen (secondary N) is 1. The maximum atomic E-state index is 13.1. The van der Waals surface area contributed by atoms with E-state index in [0.717, 1.165) is 0 Å². The van der Waals surface area contributed by atoms with Gasteiger partial charge >= 0.3 is 0 Å². The molecular weight excluding hydrogens is 380 g/mol. The molecule has 0 atom stereocenters. The van der Waals surface area contributed by atoms with Crippen LogP contribution in [0.1, 0.15) is 21.7 Å². The maximum Gasteiger partial charge on any atom is 0.254 e. The molecule has 0 aliphatic carbocycles. The van der Waals surface area contributed by atoms with Crippen molar-refractivity contribution in [3.63, 3.8) is 0 Å². The molecule has 2 aromatic carbocycles. The number of para-hydroxylation sites is 1. The number of hydrogen-bond donors (Lipinski definition) is 2. The van der Waals surface area contributed by atoms with Crippen LogP contribution in [0.15, 0.2) is 76.2 Å². The smallest absolute Gasteiger partial charge is 0.254 e. The quantitative estimate of drug-likeness (QED) is 0.635. The summed E-state index contributed by atoms with van der Waals surface area (Å²) in [5.74, 6) is 0.266. The van der Waals surface area contributed by atoms with E-state index in [1.54, 1.807) is 42.5 Å². The van der Waals surface area contributed by atoms with Gasteiger partial charge in [0.1, 0.15) is 11.5 Å². The van der Waals surface area contributed by atoms with E-state index < -0.39 is 10.0 Å². The van der Waals surface area contributed by atoms with Gasteiger partial charge in [0.2, 0.25) is 10.0 Å². The summed E-state index contributed by atoms with van der Waals surface area (Å²) in [7, 11) is -2.36. The van der Waals surface area contributed by atoms with Crippen LogP contribution in [0.4, 0.5) is 0 Å². The Morgan fingerprint density at radius 2 is 1.86 bits per heavy atom. The summed E-state index contributed by atoms with van der Waals surface area (Å²) in [5, 5.41) is 10.1. The first-order valence-electron chi connectivity index (χ1n) is 8.53. The lowest BCUT2D eigenvalue weighted by Crippen LogP contribution is -2.30. The van der Waals surface area contributed by atoms with Gasteiger partial charge in [0.25, 0.3) is 5.91 Å². The predicted octanol–water partition coefficient (Wildman–Crippen LogP) is 2.74. The first-order valence-corrected chi connectivity index (χ1v) is 10.0. The molecule has 1 amide bonds. The highest BCUT2D eigenvalue weighted by Crippen LogP contribution is 2.22. The largest absolute Gasteiger partial charge is 0.508 e. The van der Waals surface area contributed by atoms with Crippen molar-refractivity contribution < 1.29 is 22.7 Å². The number of sulfonamides is 1. The van der Waals surface area contributed by atoms with Crippen LogP contribution < -0.4 is 4.72 Å². The second kappa shape index (κ2) is 8.28. The molecule has 3 aromatic rings. The van der Waals surface area contributed by atoms with Gasteiger partial charge in [0, 0.05) is 11.1 Å². The standard InChI is InChI=1S/C20H20N2O5S/c1-21-28(25,26)18-9-4-7-15(12-18)20(24)22(14-17-8-5-11-27-17)13-16-6-2-3-10-19(16)23/h2-12,21,23H,13-14H2,1H3. The van der Waals surface area contributed by atoms with E-state index in [0.29, 0.717) is 11.3 Å². The summed E-state index contributed by atoms with van der Waals surface area (Å²) in [5.41, 5.74) is 0.791. The van der Waals surface area contributed by atoms with Crippen LogP contribution in [-0.4, -0.2) is 31.4 Å². The molecule has 0 fully saturated rings. The molecule has 0 radical (unpaired) electrons. The lowest BCUT2D eigenvalue weighted by molar-refractivity contribution is 0.0716. The lowest BCUT2D eigenvalue weighted by Gasteiger charge is -2.22. The van der Waals surface area contributed by atoms with Crippen molar-refractivity contribution >= 4 is 15.9 Å². The minimum absolute atomic E-state index is 0.00126. The molecule has 146 valence electrons. The maximum absolute atomic E-state index is 13.1. The van der Waals surface area contributed by atoms with Gasteiger partial charge in [-0.05, 0) is 43.4 Å². The molecule has 0 spiro atoms. The fourth-order valence-corrected chi connectivity index (χ4v) is 3.51. The number of amides is 1. The van der Waals surface area contributed by atoms with Crippen molar-refractivity contribution in [3.05, 3.63) is 83.8 Å². The Bertz CT molecular complexity index is 1060. The van der Waals surface area contributed by atoms with Gasteiger partial charge in [-0.1, -0.05) is 24.3 Å². The highest BCUT2D eigenvalue weighted by atomic mass is 32.2. The van der Waals surface area contributed by atoms with E-state index in [2.05, 4.69) is 4.72 Å². The number of aromatic hydroxyl groups is 1. The van der Waals surface area contributed by atoms with Crippen molar-refractivity contribution in [3.8, 4) is 5.75 Å². The molecular formula is C20H20N2O5S. The normalized spacial score (nSPS) is 11.3. The first-order chi connectivity index (χ1) is 13.4. The Morgan fingerprint density at radius 1 is 1.07 bits per heavy atom. The van der Waals surface area contributed by atoms with Crippen LogP contribution in [0.25, 0.3) is 0 Å². The third kappa shape index (κ3) is 4.41. The summed E-state index contributed by atoms with van der Waals surface area (Å²) in [6.07, 6.45) is 1.51. The van der Waals surface area contributed by atoms with Crippen LogP contribution >= 0.6 is 0 Å². The second-order valence-electron chi connectivity index (χ2n) is 6.10. The summed E-state index contributed by atoms with van der Waals surface area (Å²) < 4.78 is 31.7. The van der Waals surface area contributed by atoms with Crippen molar-refractivity contribution in [2.24, 2.45) is 0 Å². The number of carbonyl (C=O) groups excluding carboxylic acids is 1. The summed E-state index contributed by atoms with van der Waals surface area (Å²) >= 11 is 0. The Labute approximate surface area is 163 Å². The fraction of sp³-hybridized carbons (Fsp3) is 0.150. The zero-order valence-corrected chi connectivity index (χ0v) is 16.0. The van der Waals surface area contributed by atoms with E-state index in [1.807, 2.05) is 0 Å². The molecule has 7 nitrogen and oxygen atoms in total. The topological polar surface area (TPSA) is 99.9 Å². The molecule has 28 heavy (non-hydrogen) atoms. The highest BCUT2D eigenvalue weighted by molar-refractivity contribution is 7.89. The highest BCUT2D eigenvalue weighted by Gasteiger charge is 2.21. The minimum atomic E-state index is -3.67. The van der Waals surface area contributed by atoms with Gasteiger partial charge in [-0.3, -0.25) is 4.79 Å². The number of nitrogens with zero attached hydrogens (tertiary/aromatic N) is 1. The molecule has 1 aromatic heterocycles. The predicted molar refractivity (Wildman–Crippen MR) is 103 cm³/mol. The molecule has 0 saturated heterocycles. The van der Waals surface area contributed by atoms with Crippen LogP contribution in [-0.2, 0) is 23.1 Å². The summed E-state index contributed by atoms with van der Waals surface area (Å²) in [6, 6.07) is 16.0. The van der Waals surface area contributed by atoms with Gasteiger partial charge in [-0.15, -0.1) is 0 Å². The van der Waals surface area contributed by atoms with Crippen molar-refractivity contribution in [1.29, 1.82) is 0 Å². The Kier molecular flexibility index (Phi) is 5.81. The average molecular weight is 400 g/mol. The Morgan fingerprint density at radius 3 is 2.54 bits per heavy atom. The Hall–Kier alpha value is -3.10. The van der Waals surface area contributed by atoms with E-state index in [1.165, 1.54) is 36.4 Å². The second-order valence-corrected chi connectivity index (χ2v) is 7.99. The van der Waals surface area contributed by atoms with Crippen molar-refractivity contribution in [1.82, 2.24) is 9.62 Å². The molecule has 0 bridgehead atoms. The molecule has 8 heteroatoms. The zero-order valence-electron chi connectivity index (χ0n) is 15.2. The lowest BCUT2D eigenvalue weighted by atomic mass is 10.1. The number of carbonyl (C=O) groups is 1. The number of phenols is 1. The van der Waals surface area contributed by atoms with E-state index in [9.17, 15) is 18.3 Å². The third-order valence-corrected chi connectivity index (χ3v) is 5.64.